The first-order valence-electron chi connectivity index (χ1n) is 8.64. The van der Waals surface area contributed by atoms with Crippen molar-refractivity contribution < 1.29 is 4.79 Å². The lowest BCUT2D eigenvalue weighted by Crippen LogP contribution is -2.49. The number of piperazine rings is 1. The Morgan fingerprint density at radius 1 is 1.12 bits per heavy atom. The number of aryl methyl sites for hydroxylation is 1. The van der Waals surface area contributed by atoms with Gasteiger partial charge in [0.1, 0.15) is 5.82 Å². The Bertz CT molecular complexity index is 681. The molecule has 25 heavy (non-hydrogen) atoms. The zero-order valence-corrected chi connectivity index (χ0v) is 14.9. The van der Waals surface area contributed by atoms with E-state index in [0.717, 1.165) is 37.6 Å². The molecular weight excluding hydrogens is 314 g/mol. The summed E-state index contributed by atoms with van der Waals surface area (Å²) in [6, 6.07) is 8.33. The van der Waals surface area contributed by atoms with Crippen LogP contribution in [0.15, 0.2) is 42.9 Å². The van der Waals surface area contributed by atoms with Crippen molar-refractivity contribution in [3.05, 3.63) is 54.0 Å². The van der Waals surface area contributed by atoms with Gasteiger partial charge in [-0.1, -0.05) is 29.8 Å². The van der Waals surface area contributed by atoms with Gasteiger partial charge in [-0.3, -0.25) is 14.7 Å². The number of anilines is 1. The second-order valence-corrected chi connectivity index (χ2v) is 6.56. The molecule has 0 atom stereocenters. The van der Waals surface area contributed by atoms with Crippen molar-refractivity contribution in [3.63, 3.8) is 0 Å². The quantitative estimate of drug-likeness (QED) is 0.828. The highest BCUT2D eigenvalue weighted by atomic mass is 16.2. The highest BCUT2D eigenvalue weighted by Crippen LogP contribution is 2.12. The van der Waals surface area contributed by atoms with Crippen molar-refractivity contribution in [3.8, 4) is 0 Å². The summed E-state index contributed by atoms with van der Waals surface area (Å²) in [5.41, 5.74) is 2.40. The fraction of sp³-hybridized carbons (Fsp3) is 0.421. The van der Waals surface area contributed by atoms with E-state index in [1.54, 1.807) is 23.5 Å². The molecule has 1 amide bonds. The van der Waals surface area contributed by atoms with Crippen LogP contribution in [0, 0.1) is 6.92 Å². The molecule has 0 radical (unpaired) electrons. The van der Waals surface area contributed by atoms with Gasteiger partial charge in [-0.2, -0.15) is 0 Å². The monoisotopic (exact) mass is 339 g/mol. The number of amides is 1. The van der Waals surface area contributed by atoms with E-state index < -0.39 is 0 Å². The van der Waals surface area contributed by atoms with E-state index in [1.165, 1.54) is 5.56 Å². The Kier molecular flexibility index (Phi) is 5.60. The third kappa shape index (κ3) is 4.76. The number of nitrogens with zero attached hydrogens (tertiary/aromatic N) is 5. The number of carbonyl (C=O) groups excluding carboxylic acids is 1. The van der Waals surface area contributed by atoms with Gasteiger partial charge in [0.25, 0.3) is 0 Å². The first-order chi connectivity index (χ1) is 12.1. The summed E-state index contributed by atoms with van der Waals surface area (Å²) in [5, 5.41) is 0. The minimum Gasteiger partial charge on any atom is -0.353 e. The number of aromatic nitrogens is 2. The van der Waals surface area contributed by atoms with E-state index in [4.69, 9.17) is 0 Å². The molecule has 0 spiro atoms. The highest BCUT2D eigenvalue weighted by molar-refractivity contribution is 5.78. The normalized spacial score (nSPS) is 15.2. The van der Waals surface area contributed by atoms with Crippen molar-refractivity contribution >= 4 is 11.7 Å². The van der Waals surface area contributed by atoms with Gasteiger partial charge >= 0.3 is 0 Å². The molecule has 0 saturated carbocycles. The predicted octanol–water partition coefficient (Wildman–Crippen LogP) is 1.57. The summed E-state index contributed by atoms with van der Waals surface area (Å²) >= 11 is 0. The predicted molar refractivity (Wildman–Crippen MR) is 98.3 cm³/mol. The first-order valence-corrected chi connectivity index (χ1v) is 8.64. The Hall–Kier alpha value is -2.47. The minimum atomic E-state index is 0.161. The molecule has 1 aromatic carbocycles. The fourth-order valence-electron chi connectivity index (χ4n) is 2.96. The van der Waals surface area contributed by atoms with Crippen molar-refractivity contribution in [1.29, 1.82) is 0 Å². The van der Waals surface area contributed by atoms with Gasteiger partial charge in [0, 0.05) is 52.2 Å². The SMILES string of the molecule is Cc1ccc(CN(C)C(=O)CN2CCN(c3cnccn3)CC2)cc1. The van der Waals surface area contributed by atoms with Crippen molar-refractivity contribution in [2.24, 2.45) is 0 Å². The van der Waals surface area contributed by atoms with Crippen molar-refractivity contribution in [2.75, 3.05) is 44.7 Å². The first kappa shape index (κ1) is 17.4. The summed E-state index contributed by atoms with van der Waals surface area (Å²) in [4.78, 5) is 27.2. The van der Waals surface area contributed by atoms with Crippen LogP contribution in [0.2, 0.25) is 0 Å². The zero-order valence-electron chi connectivity index (χ0n) is 14.9. The fourth-order valence-corrected chi connectivity index (χ4v) is 2.96. The number of hydrogen-bond donors (Lipinski definition) is 0. The lowest BCUT2D eigenvalue weighted by Gasteiger charge is -2.35. The Balaban J connectivity index is 1.46. The number of rotatable bonds is 5. The zero-order chi connectivity index (χ0) is 17.6. The minimum absolute atomic E-state index is 0.161. The second-order valence-electron chi connectivity index (χ2n) is 6.56. The van der Waals surface area contributed by atoms with Gasteiger partial charge in [-0.05, 0) is 12.5 Å². The topological polar surface area (TPSA) is 52.6 Å². The van der Waals surface area contributed by atoms with E-state index in [9.17, 15) is 4.79 Å². The third-order valence-corrected chi connectivity index (χ3v) is 4.57. The second kappa shape index (κ2) is 8.07. The summed E-state index contributed by atoms with van der Waals surface area (Å²) in [7, 11) is 1.87. The molecule has 1 fully saturated rings. The van der Waals surface area contributed by atoms with Crippen molar-refractivity contribution in [2.45, 2.75) is 13.5 Å². The maximum atomic E-state index is 12.5. The standard InChI is InChI=1S/C19H25N5O/c1-16-3-5-17(6-4-16)14-22(2)19(25)15-23-9-11-24(12-10-23)18-13-20-7-8-21-18/h3-8,13H,9-12,14-15H2,1-2H3. The number of likely N-dealkylation sites (N-methyl/N-ethyl adjacent to an activating group) is 1. The highest BCUT2D eigenvalue weighted by Gasteiger charge is 2.21. The molecule has 1 aromatic heterocycles. The molecule has 0 unspecified atom stereocenters. The van der Waals surface area contributed by atoms with Gasteiger partial charge in [-0.25, -0.2) is 4.98 Å². The molecule has 1 aliphatic heterocycles. The van der Waals surface area contributed by atoms with Crippen LogP contribution in [0.1, 0.15) is 11.1 Å². The largest absolute Gasteiger partial charge is 0.353 e. The summed E-state index contributed by atoms with van der Waals surface area (Å²) in [6.07, 6.45) is 5.18. The maximum absolute atomic E-state index is 12.5. The summed E-state index contributed by atoms with van der Waals surface area (Å²) < 4.78 is 0. The van der Waals surface area contributed by atoms with Gasteiger partial charge in [0.2, 0.25) is 5.91 Å². The smallest absolute Gasteiger partial charge is 0.236 e. The average Bonchev–Trinajstić information content (AvgIpc) is 2.65. The van der Waals surface area contributed by atoms with Crippen LogP contribution in [0.25, 0.3) is 0 Å². The van der Waals surface area contributed by atoms with Gasteiger partial charge in [-0.15, -0.1) is 0 Å². The van der Waals surface area contributed by atoms with E-state index in [-0.39, 0.29) is 5.91 Å². The third-order valence-electron chi connectivity index (χ3n) is 4.57. The summed E-state index contributed by atoms with van der Waals surface area (Å²) in [5.74, 6) is 1.07. The molecule has 2 heterocycles. The molecule has 6 nitrogen and oxygen atoms in total. The van der Waals surface area contributed by atoms with Crippen LogP contribution in [0.5, 0.6) is 0 Å². The molecular formula is C19H25N5O. The van der Waals surface area contributed by atoms with Crippen LogP contribution < -0.4 is 4.90 Å². The molecule has 1 saturated heterocycles. The molecule has 132 valence electrons. The molecule has 0 aliphatic carbocycles. The lowest BCUT2D eigenvalue weighted by molar-refractivity contribution is -0.131. The van der Waals surface area contributed by atoms with Crippen LogP contribution in [-0.4, -0.2) is 65.4 Å². The number of hydrogen-bond acceptors (Lipinski definition) is 5. The Morgan fingerprint density at radius 3 is 2.48 bits per heavy atom. The number of carbonyl (C=O) groups is 1. The molecule has 3 rings (SSSR count). The van der Waals surface area contributed by atoms with Gasteiger partial charge < -0.3 is 9.80 Å². The van der Waals surface area contributed by atoms with Gasteiger partial charge in [0.05, 0.1) is 12.7 Å². The average molecular weight is 339 g/mol. The van der Waals surface area contributed by atoms with E-state index in [1.807, 2.05) is 7.05 Å². The summed E-state index contributed by atoms with van der Waals surface area (Å²) in [6.45, 7) is 6.65. The number of benzene rings is 1. The molecule has 2 aromatic rings. The molecule has 0 N–H and O–H groups in total. The van der Waals surface area contributed by atoms with E-state index >= 15 is 0 Å². The lowest BCUT2D eigenvalue weighted by atomic mass is 10.1. The van der Waals surface area contributed by atoms with E-state index in [2.05, 4.69) is 51.0 Å². The van der Waals surface area contributed by atoms with Crippen molar-refractivity contribution in [1.82, 2.24) is 19.8 Å². The molecule has 1 aliphatic rings. The maximum Gasteiger partial charge on any atom is 0.236 e. The van der Waals surface area contributed by atoms with E-state index in [0.29, 0.717) is 13.1 Å². The van der Waals surface area contributed by atoms with Crippen LogP contribution in [0.3, 0.4) is 0 Å². The van der Waals surface area contributed by atoms with Crippen LogP contribution >= 0.6 is 0 Å². The van der Waals surface area contributed by atoms with Crippen LogP contribution in [-0.2, 0) is 11.3 Å². The molecule has 6 heteroatoms. The Labute approximate surface area is 149 Å². The van der Waals surface area contributed by atoms with Crippen LogP contribution in [0.4, 0.5) is 5.82 Å². The molecule has 0 bridgehead atoms. The van der Waals surface area contributed by atoms with Gasteiger partial charge in [0.15, 0.2) is 0 Å². The Morgan fingerprint density at radius 2 is 1.84 bits per heavy atom.